The van der Waals surface area contributed by atoms with Gasteiger partial charge < -0.3 is 4.90 Å². The van der Waals surface area contributed by atoms with E-state index >= 15 is 0 Å². The van der Waals surface area contributed by atoms with Gasteiger partial charge in [0.05, 0.1) is 5.84 Å². The van der Waals surface area contributed by atoms with E-state index in [0.717, 1.165) is 13.0 Å². The summed E-state index contributed by atoms with van der Waals surface area (Å²) in [4.78, 5) is 7.09. The first-order valence-corrected chi connectivity index (χ1v) is 5.86. The Morgan fingerprint density at radius 2 is 1.71 bits per heavy atom. The maximum absolute atomic E-state index is 4.68. The molecule has 0 fully saturated rings. The van der Waals surface area contributed by atoms with E-state index in [-0.39, 0.29) is 0 Å². The Hall–Kier alpha value is -0.530. The molecule has 0 aromatic carbocycles. The van der Waals surface area contributed by atoms with E-state index < -0.39 is 0 Å². The lowest BCUT2D eigenvalue weighted by Gasteiger charge is -2.30. The van der Waals surface area contributed by atoms with Gasteiger partial charge in [-0.2, -0.15) is 0 Å². The van der Waals surface area contributed by atoms with Crippen LogP contribution in [-0.4, -0.2) is 29.4 Å². The molecule has 0 aliphatic heterocycles. The van der Waals surface area contributed by atoms with E-state index in [9.17, 15) is 0 Å². The van der Waals surface area contributed by atoms with Crippen LogP contribution in [0.25, 0.3) is 0 Å². The fraction of sp³-hybridized carbons (Fsp3) is 0.917. The zero-order valence-corrected chi connectivity index (χ0v) is 10.7. The standard InChI is InChI=1S/C12H26N2/c1-7-9-14(11(5)6)12(8-2)13-10(3)4/h10-11H,7-9H2,1-6H3. The quantitative estimate of drug-likeness (QED) is 0.489. The summed E-state index contributed by atoms with van der Waals surface area (Å²) in [5.74, 6) is 1.26. The molecule has 0 radical (unpaired) electrons. The van der Waals surface area contributed by atoms with Crippen molar-refractivity contribution in [2.75, 3.05) is 6.54 Å². The van der Waals surface area contributed by atoms with Crippen LogP contribution < -0.4 is 0 Å². The van der Waals surface area contributed by atoms with Gasteiger partial charge in [-0.05, 0) is 34.1 Å². The Balaban J connectivity index is 4.57. The molecule has 0 unspecified atom stereocenters. The number of nitrogens with zero attached hydrogens (tertiary/aromatic N) is 2. The Labute approximate surface area is 89.4 Å². The Morgan fingerprint density at radius 1 is 1.14 bits per heavy atom. The molecule has 0 aromatic rings. The lowest BCUT2D eigenvalue weighted by molar-refractivity contribution is 0.341. The van der Waals surface area contributed by atoms with Crippen LogP contribution in [0, 0.1) is 0 Å². The summed E-state index contributed by atoms with van der Waals surface area (Å²) in [5, 5.41) is 0. The summed E-state index contributed by atoms with van der Waals surface area (Å²) < 4.78 is 0. The fourth-order valence-electron chi connectivity index (χ4n) is 1.59. The molecule has 84 valence electrons. The fourth-order valence-corrected chi connectivity index (χ4v) is 1.59. The van der Waals surface area contributed by atoms with Crippen LogP contribution in [0.5, 0.6) is 0 Å². The minimum Gasteiger partial charge on any atom is -0.358 e. The van der Waals surface area contributed by atoms with Crippen LogP contribution in [-0.2, 0) is 0 Å². The lowest BCUT2D eigenvalue weighted by Crippen LogP contribution is -2.37. The lowest BCUT2D eigenvalue weighted by atomic mass is 10.2. The highest BCUT2D eigenvalue weighted by Crippen LogP contribution is 2.06. The minimum absolute atomic E-state index is 0.406. The molecule has 0 heterocycles. The van der Waals surface area contributed by atoms with E-state index in [1.807, 2.05) is 0 Å². The molecule has 0 spiro atoms. The second-order valence-corrected chi connectivity index (χ2v) is 4.28. The number of hydrogen-bond acceptors (Lipinski definition) is 1. The second kappa shape index (κ2) is 6.86. The van der Waals surface area contributed by atoms with Gasteiger partial charge in [0.15, 0.2) is 0 Å². The van der Waals surface area contributed by atoms with Crippen LogP contribution >= 0.6 is 0 Å². The van der Waals surface area contributed by atoms with E-state index in [1.54, 1.807) is 0 Å². The maximum atomic E-state index is 4.68. The van der Waals surface area contributed by atoms with Crippen molar-refractivity contribution in [1.82, 2.24) is 4.90 Å². The first-order chi connectivity index (χ1) is 6.52. The topological polar surface area (TPSA) is 15.6 Å². The van der Waals surface area contributed by atoms with Crippen molar-refractivity contribution in [1.29, 1.82) is 0 Å². The highest BCUT2D eigenvalue weighted by molar-refractivity contribution is 5.82. The molecular formula is C12H26N2. The molecule has 0 aromatic heterocycles. The van der Waals surface area contributed by atoms with Crippen LogP contribution in [0.15, 0.2) is 4.99 Å². The molecular weight excluding hydrogens is 172 g/mol. The third-order valence-electron chi connectivity index (χ3n) is 2.14. The number of rotatable bonds is 5. The summed E-state index contributed by atoms with van der Waals surface area (Å²) in [6.07, 6.45) is 2.23. The molecule has 0 bridgehead atoms. The van der Waals surface area contributed by atoms with E-state index in [4.69, 9.17) is 0 Å². The largest absolute Gasteiger partial charge is 0.358 e. The molecule has 2 nitrogen and oxygen atoms in total. The Bertz CT molecular complexity index is 171. The molecule has 2 heteroatoms. The number of aliphatic imine (C=N–C) groups is 1. The first kappa shape index (κ1) is 13.5. The van der Waals surface area contributed by atoms with Crippen molar-refractivity contribution in [2.45, 2.75) is 66.5 Å². The highest BCUT2D eigenvalue weighted by atomic mass is 15.2. The van der Waals surface area contributed by atoms with Crippen molar-refractivity contribution >= 4 is 5.84 Å². The summed E-state index contributed by atoms with van der Waals surface area (Å²) >= 11 is 0. The van der Waals surface area contributed by atoms with Gasteiger partial charge in [-0.25, -0.2) is 0 Å². The average Bonchev–Trinajstić information content (AvgIpc) is 2.10. The van der Waals surface area contributed by atoms with E-state index in [0.29, 0.717) is 12.1 Å². The summed E-state index contributed by atoms with van der Waals surface area (Å²) in [7, 11) is 0. The monoisotopic (exact) mass is 198 g/mol. The van der Waals surface area contributed by atoms with Gasteiger partial charge in [-0.3, -0.25) is 4.99 Å². The molecule has 0 saturated carbocycles. The zero-order chi connectivity index (χ0) is 11.1. The van der Waals surface area contributed by atoms with Gasteiger partial charge in [0, 0.05) is 25.0 Å². The molecule has 0 atom stereocenters. The average molecular weight is 198 g/mol. The number of hydrogen-bond donors (Lipinski definition) is 0. The first-order valence-electron chi connectivity index (χ1n) is 5.86. The van der Waals surface area contributed by atoms with Crippen LogP contribution in [0.4, 0.5) is 0 Å². The van der Waals surface area contributed by atoms with Gasteiger partial charge in [0.25, 0.3) is 0 Å². The van der Waals surface area contributed by atoms with Crippen molar-refractivity contribution in [3.8, 4) is 0 Å². The number of amidine groups is 1. The molecule has 14 heavy (non-hydrogen) atoms. The van der Waals surface area contributed by atoms with Crippen LogP contribution in [0.1, 0.15) is 54.4 Å². The normalized spacial score (nSPS) is 12.7. The van der Waals surface area contributed by atoms with Crippen molar-refractivity contribution in [2.24, 2.45) is 4.99 Å². The maximum Gasteiger partial charge on any atom is 0.0991 e. The van der Waals surface area contributed by atoms with Crippen molar-refractivity contribution in [3.05, 3.63) is 0 Å². The molecule has 0 rings (SSSR count). The SMILES string of the molecule is CCCN(C(CC)=NC(C)C)C(C)C. The third-order valence-corrected chi connectivity index (χ3v) is 2.14. The Morgan fingerprint density at radius 3 is 2.00 bits per heavy atom. The summed E-state index contributed by atoms with van der Waals surface area (Å²) in [6.45, 7) is 14.3. The predicted octanol–water partition coefficient (Wildman–Crippen LogP) is 3.32. The van der Waals surface area contributed by atoms with Gasteiger partial charge in [-0.1, -0.05) is 13.8 Å². The van der Waals surface area contributed by atoms with Gasteiger partial charge in [0.2, 0.25) is 0 Å². The second-order valence-electron chi connectivity index (χ2n) is 4.28. The molecule has 0 N–H and O–H groups in total. The highest BCUT2D eigenvalue weighted by Gasteiger charge is 2.12. The zero-order valence-electron chi connectivity index (χ0n) is 10.7. The van der Waals surface area contributed by atoms with Gasteiger partial charge in [-0.15, -0.1) is 0 Å². The smallest absolute Gasteiger partial charge is 0.0991 e. The predicted molar refractivity (Wildman–Crippen MR) is 65.0 cm³/mol. The molecule has 0 saturated heterocycles. The van der Waals surface area contributed by atoms with Crippen LogP contribution in [0.2, 0.25) is 0 Å². The third kappa shape index (κ3) is 4.64. The Kier molecular flexibility index (Phi) is 6.60. The van der Waals surface area contributed by atoms with E-state index in [2.05, 4.69) is 51.4 Å². The summed E-state index contributed by atoms with van der Waals surface area (Å²) in [5.41, 5.74) is 0. The summed E-state index contributed by atoms with van der Waals surface area (Å²) in [6, 6.07) is 0.968. The van der Waals surface area contributed by atoms with Gasteiger partial charge in [0.1, 0.15) is 0 Å². The van der Waals surface area contributed by atoms with Crippen LogP contribution in [0.3, 0.4) is 0 Å². The molecule has 0 aliphatic rings. The van der Waals surface area contributed by atoms with Gasteiger partial charge >= 0.3 is 0 Å². The van der Waals surface area contributed by atoms with Crippen molar-refractivity contribution in [3.63, 3.8) is 0 Å². The minimum atomic E-state index is 0.406. The van der Waals surface area contributed by atoms with Crippen molar-refractivity contribution < 1.29 is 0 Å². The van der Waals surface area contributed by atoms with E-state index in [1.165, 1.54) is 12.3 Å². The molecule has 0 amide bonds. The molecule has 0 aliphatic carbocycles.